The van der Waals surface area contributed by atoms with E-state index in [1.807, 2.05) is 38.1 Å². The van der Waals surface area contributed by atoms with Crippen molar-refractivity contribution in [3.8, 4) is 0 Å². The molecule has 1 aromatic heterocycles. The summed E-state index contributed by atoms with van der Waals surface area (Å²) in [5.41, 5.74) is 1.55. The van der Waals surface area contributed by atoms with E-state index in [1.165, 1.54) is 0 Å². The van der Waals surface area contributed by atoms with Gasteiger partial charge in [0.1, 0.15) is 5.82 Å². The molecule has 1 heterocycles. The van der Waals surface area contributed by atoms with Crippen molar-refractivity contribution in [1.82, 2.24) is 10.3 Å². The average molecular weight is 304 g/mol. The Morgan fingerprint density at radius 2 is 2.14 bits per heavy atom. The molecular formula is C16H18ClN3O. The summed E-state index contributed by atoms with van der Waals surface area (Å²) in [5.74, 6) is 0.560. The molecule has 4 nitrogen and oxygen atoms in total. The molecule has 0 aliphatic carbocycles. The summed E-state index contributed by atoms with van der Waals surface area (Å²) in [6, 6.07) is 10.8. The molecule has 2 rings (SSSR count). The van der Waals surface area contributed by atoms with E-state index in [0.29, 0.717) is 16.4 Å². The highest BCUT2D eigenvalue weighted by molar-refractivity contribution is 6.30. The predicted octanol–water partition coefficient (Wildman–Crippen LogP) is 3.66. The molecule has 21 heavy (non-hydrogen) atoms. The number of hydrogen-bond acceptors (Lipinski definition) is 3. The van der Waals surface area contributed by atoms with Gasteiger partial charge >= 0.3 is 0 Å². The van der Waals surface area contributed by atoms with Gasteiger partial charge in [-0.1, -0.05) is 23.7 Å². The summed E-state index contributed by atoms with van der Waals surface area (Å²) < 4.78 is 0. The minimum Gasteiger partial charge on any atom is -0.370 e. The molecule has 0 aliphatic heterocycles. The summed E-state index contributed by atoms with van der Waals surface area (Å²) in [4.78, 5) is 16.4. The number of pyridine rings is 1. The molecule has 2 aromatic rings. The summed E-state index contributed by atoms with van der Waals surface area (Å²) in [6.07, 6.45) is 1.62. The number of halogens is 1. The van der Waals surface area contributed by atoms with Crippen LogP contribution in [-0.4, -0.2) is 17.4 Å². The zero-order valence-electron chi connectivity index (χ0n) is 12.1. The first-order chi connectivity index (χ1) is 10.1. The van der Waals surface area contributed by atoms with Crippen LogP contribution in [0, 0.1) is 0 Å². The normalized spacial score (nSPS) is 11.8. The fourth-order valence-corrected chi connectivity index (χ4v) is 2.19. The molecule has 0 radical (unpaired) electrons. The van der Waals surface area contributed by atoms with Gasteiger partial charge in [0, 0.05) is 23.3 Å². The summed E-state index contributed by atoms with van der Waals surface area (Å²) >= 11 is 5.97. The predicted molar refractivity (Wildman–Crippen MR) is 85.7 cm³/mol. The minimum atomic E-state index is -0.135. The number of amides is 1. The van der Waals surface area contributed by atoms with E-state index in [2.05, 4.69) is 15.6 Å². The highest BCUT2D eigenvalue weighted by Crippen LogP contribution is 2.18. The van der Waals surface area contributed by atoms with Crippen molar-refractivity contribution in [2.45, 2.75) is 19.9 Å². The lowest BCUT2D eigenvalue weighted by Crippen LogP contribution is -2.26. The number of anilines is 1. The first-order valence-electron chi connectivity index (χ1n) is 6.86. The molecule has 1 unspecified atom stereocenters. The molecule has 1 aromatic carbocycles. The van der Waals surface area contributed by atoms with Gasteiger partial charge in [-0.15, -0.1) is 0 Å². The van der Waals surface area contributed by atoms with Crippen LogP contribution in [0.1, 0.15) is 35.8 Å². The van der Waals surface area contributed by atoms with E-state index in [4.69, 9.17) is 11.6 Å². The molecule has 0 saturated carbocycles. The number of nitrogens with zero attached hydrogens (tertiary/aromatic N) is 1. The van der Waals surface area contributed by atoms with Crippen molar-refractivity contribution in [2.24, 2.45) is 0 Å². The standard InChI is InChI=1S/C16H18ClN3O/c1-3-18-15-10-13(7-8-19-15)16(21)20-11(2)12-5-4-6-14(17)9-12/h4-11H,3H2,1-2H3,(H,18,19)(H,20,21). The fraction of sp³-hybridized carbons (Fsp3) is 0.250. The molecule has 0 saturated heterocycles. The van der Waals surface area contributed by atoms with Gasteiger partial charge in [-0.05, 0) is 43.7 Å². The van der Waals surface area contributed by atoms with Gasteiger partial charge in [-0.3, -0.25) is 4.79 Å². The summed E-state index contributed by atoms with van der Waals surface area (Å²) in [6.45, 7) is 4.67. The highest BCUT2D eigenvalue weighted by atomic mass is 35.5. The molecule has 110 valence electrons. The van der Waals surface area contributed by atoms with E-state index in [9.17, 15) is 4.79 Å². The van der Waals surface area contributed by atoms with E-state index in [-0.39, 0.29) is 11.9 Å². The number of aromatic nitrogens is 1. The van der Waals surface area contributed by atoms with Crippen LogP contribution >= 0.6 is 11.6 Å². The Bertz CT molecular complexity index is 630. The number of benzene rings is 1. The van der Waals surface area contributed by atoms with Crippen molar-refractivity contribution in [3.05, 3.63) is 58.7 Å². The topological polar surface area (TPSA) is 54.0 Å². The maximum absolute atomic E-state index is 12.3. The number of carbonyl (C=O) groups is 1. The van der Waals surface area contributed by atoms with Gasteiger partial charge < -0.3 is 10.6 Å². The van der Waals surface area contributed by atoms with Crippen LogP contribution in [0.15, 0.2) is 42.6 Å². The van der Waals surface area contributed by atoms with E-state index in [0.717, 1.165) is 12.1 Å². The third kappa shape index (κ3) is 4.20. The van der Waals surface area contributed by atoms with Gasteiger partial charge in [0.15, 0.2) is 0 Å². The highest BCUT2D eigenvalue weighted by Gasteiger charge is 2.12. The van der Waals surface area contributed by atoms with Crippen LogP contribution in [-0.2, 0) is 0 Å². The van der Waals surface area contributed by atoms with Gasteiger partial charge in [0.05, 0.1) is 6.04 Å². The molecular weight excluding hydrogens is 286 g/mol. The van der Waals surface area contributed by atoms with E-state index in [1.54, 1.807) is 18.3 Å². The van der Waals surface area contributed by atoms with Gasteiger partial charge in [0.2, 0.25) is 0 Å². The number of rotatable bonds is 5. The van der Waals surface area contributed by atoms with Gasteiger partial charge in [0.25, 0.3) is 5.91 Å². The van der Waals surface area contributed by atoms with Crippen molar-refractivity contribution >= 4 is 23.3 Å². The Kier molecular flexibility index (Phi) is 5.17. The second-order valence-corrected chi connectivity index (χ2v) is 5.15. The van der Waals surface area contributed by atoms with Crippen LogP contribution in [0.4, 0.5) is 5.82 Å². The second kappa shape index (κ2) is 7.09. The molecule has 1 amide bonds. The summed E-state index contributed by atoms with van der Waals surface area (Å²) in [5, 5.41) is 6.70. The zero-order chi connectivity index (χ0) is 15.2. The lowest BCUT2D eigenvalue weighted by Gasteiger charge is -2.15. The second-order valence-electron chi connectivity index (χ2n) is 4.71. The van der Waals surface area contributed by atoms with Crippen molar-refractivity contribution in [3.63, 3.8) is 0 Å². The Morgan fingerprint density at radius 1 is 1.33 bits per heavy atom. The van der Waals surface area contributed by atoms with Gasteiger partial charge in [-0.2, -0.15) is 0 Å². The SMILES string of the molecule is CCNc1cc(C(=O)NC(C)c2cccc(Cl)c2)ccn1. The lowest BCUT2D eigenvalue weighted by molar-refractivity contribution is 0.0940. The Hall–Kier alpha value is -2.07. The molecule has 5 heteroatoms. The van der Waals surface area contributed by atoms with Crippen LogP contribution < -0.4 is 10.6 Å². The third-order valence-corrected chi connectivity index (χ3v) is 3.31. The molecule has 2 N–H and O–H groups in total. The van der Waals surface area contributed by atoms with Crippen LogP contribution in [0.2, 0.25) is 5.02 Å². The largest absolute Gasteiger partial charge is 0.370 e. The number of hydrogen-bond donors (Lipinski definition) is 2. The molecule has 1 atom stereocenters. The summed E-state index contributed by atoms with van der Waals surface area (Å²) in [7, 11) is 0. The third-order valence-electron chi connectivity index (χ3n) is 3.08. The van der Waals surface area contributed by atoms with Crippen LogP contribution in [0.25, 0.3) is 0 Å². The van der Waals surface area contributed by atoms with Crippen LogP contribution in [0.3, 0.4) is 0 Å². The van der Waals surface area contributed by atoms with E-state index >= 15 is 0 Å². The quantitative estimate of drug-likeness (QED) is 0.886. The number of carbonyl (C=O) groups excluding carboxylic acids is 1. The number of nitrogens with one attached hydrogen (secondary N) is 2. The Morgan fingerprint density at radius 3 is 2.86 bits per heavy atom. The van der Waals surface area contributed by atoms with Gasteiger partial charge in [-0.25, -0.2) is 4.98 Å². The van der Waals surface area contributed by atoms with Crippen LogP contribution in [0.5, 0.6) is 0 Å². The maximum Gasteiger partial charge on any atom is 0.251 e. The monoisotopic (exact) mass is 303 g/mol. The molecule has 0 fully saturated rings. The van der Waals surface area contributed by atoms with Crippen molar-refractivity contribution in [2.75, 3.05) is 11.9 Å². The Balaban J connectivity index is 2.08. The fourth-order valence-electron chi connectivity index (χ4n) is 1.99. The molecule has 0 bridgehead atoms. The van der Waals surface area contributed by atoms with Crippen molar-refractivity contribution < 1.29 is 4.79 Å². The average Bonchev–Trinajstić information content (AvgIpc) is 2.48. The molecule has 0 spiro atoms. The smallest absolute Gasteiger partial charge is 0.251 e. The minimum absolute atomic E-state index is 0.119. The molecule has 0 aliphatic rings. The lowest BCUT2D eigenvalue weighted by atomic mass is 10.1. The Labute approximate surface area is 129 Å². The van der Waals surface area contributed by atoms with E-state index < -0.39 is 0 Å². The zero-order valence-corrected chi connectivity index (χ0v) is 12.8. The first-order valence-corrected chi connectivity index (χ1v) is 7.24. The first kappa shape index (κ1) is 15.3. The van der Waals surface area contributed by atoms with Crippen molar-refractivity contribution in [1.29, 1.82) is 0 Å². The maximum atomic E-state index is 12.3.